The molecule has 1 heterocycles. The van der Waals surface area contributed by atoms with Gasteiger partial charge in [-0.25, -0.2) is 0 Å². The van der Waals surface area contributed by atoms with E-state index >= 15 is 0 Å². The van der Waals surface area contributed by atoms with Crippen molar-refractivity contribution < 1.29 is 19.4 Å². The first-order chi connectivity index (χ1) is 15.1. The van der Waals surface area contributed by atoms with Gasteiger partial charge in [0.25, 0.3) is 0 Å². The summed E-state index contributed by atoms with van der Waals surface area (Å²) >= 11 is 0. The number of fused-ring (bicyclic) bond motifs is 1. The number of aromatic amines is 1. The summed E-state index contributed by atoms with van der Waals surface area (Å²) < 4.78 is 16.4. The van der Waals surface area contributed by atoms with Gasteiger partial charge in [0.05, 0.1) is 26.8 Å². The van der Waals surface area contributed by atoms with Gasteiger partial charge in [-0.1, -0.05) is 29.4 Å². The number of aromatic nitrogens is 2. The van der Waals surface area contributed by atoms with Crippen molar-refractivity contribution in [3.05, 3.63) is 60.2 Å². The molecule has 0 radical (unpaired) electrons. The average molecular weight is 418 g/mol. The summed E-state index contributed by atoms with van der Waals surface area (Å²) in [6.07, 6.45) is 0. The van der Waals surface area contributed by atoms with Gasteiger partial charge in [0.15, 0.2) is 17.3 Å². The molecule has 3 aromatic carbocycles. The molecule has 0 unspecified atom stereocenters. The molecule has 8 nitrogen and oxygen atoms in total. The molecule has 0 saturated carbocycles. The number of nitrogens with one attached hydrogen (secondary N) is 1. The Morgan fingerprint density at radius 2 is 1.61 bits per heavy atom. The maximum absolute atomic E-state index is 8.97. The molecule has 8 heteroatoms. The first-order valence-corrected chi connectivity index (χ1v) is 9.46. The minimum absolute atomic E-state index is 0.0596. The molecule has 0 saturated heterocycles. The minimum Gasteiger partial charge on any atom is -0.493 e. The summed E-state index contributed by atoms with van der Waals surface area (Å²) in [7, 11) is 4.73. The quantitative estimate of drug-likeness (QED) is 0.189. The van der Waals surface area contributed by atoms with Crippen molar-refractivity contribution in [2.45, 2.75) is 0 Å². The fourth-order valence-electron chi connectivity index (χ4n) is 3.55. The second-order valence-electron chi connectivity index (χ2n) is 6.81. The minimum atomic E-state index is 0.0596. The number of nitrogens with two attached hydrogens (primary N) is 1. The van der Waals surface area contributed by atoms with Crippen molar-refractivity contribution >= 4 is 16.7 Å². The van der Waals surface area contributed by atoms with E-state index in [1.807, 2.05) is 48.5 Å². The molecule has 0 fully saturated rings. The van der Waals surface area contributed by atoms with E-state index in [4.69, 9.17) is 25.2 Å². The zero-order valence-electron chi connectivity index (χ0n) is 17.3. The molecule has 4 aromatic rings. The molecule has 0 aliphatic heterocycles. The van der Waals surface area contributed by atoms with Gasteiger partial charge in [-0.3, -0.25) is 5.10 Å². The summed E-state index contributed by atoms with van der Waals surface area (Å²) in [5, 5.41) is 20.6. The van der Waals surface area contributed by atoms with Crippen LogP contribution >= 0.6 is 0 Å². The fraction of sp³-hybridized carbons (Fsp3) is 0.130. The van der Waals surface area contributed by atoms with Crippen LogP contribution in [0.4, 0.5) is 0 Å². The van der Waals surface area contributed by atoms with E-state index in [2.05, 4.69) is 15.4 Å². The van der Waals surface area contributed by atoms with Gasteiger partial charge < -0.3 is 25.2 Å². The summed E-state index contributed by atoms with van der Waals surface area (Å²) in [5.41, 5.74) is 10.7. The third-order valence-electron chi connectivity index (χ3n) is 5.10. The molecule has 4 N–H and O–H groups in total. The predicted molar refractivity (Wildman–Crippen MR) is 119 cm³/mol. The van der Waals surface area contributed by atoms with E-state index in [1.165, 1.54) is 0 Å². The summed E-state index contributed by atoms with van der Waals surface area (Å²) in [6, 6.07) is 17.2. The molecule has 31 heavy (non-hydrogen) atoms. The van der Waals surface area contributed by atoms with Crippen LogP contribution in [0.25, 0.3) is 33.3 Å². The van der Waals surface area contributed by atoms with Crippen molar-refractivity contribution in [3.63, 3.8) is 0 Å². The number of amidine groups is 1. The lowest BCUT2D eigenvalue weighted by molar-refractivity contribution is 0.318. The molecule has 4 rings (SSSR count). The second-order valence-corrected chi connectivity index (χ2v) is 6.81. The number of methoxy groups -OCH3 is 3. The SMILES string of the molecule is COc1cc(-c2n[nH]c3ccc(-c4cccc(C(N)=NO)c4)cc23)cc(OC)c1OC. The Kier molecular flexibility index (Phi) is 5.36. The topological polar surface area (TPSA) is 115 Å². The first kappa shape index (κ1) is 20.1. The highest BCUT2D eigenvalue weighted by Crippen LogP contribution is 2.42. The van der Waals surface area contributed by atoms with Crippen LogP contribution in [0.15, 0.2) is 59.8 Å². The maximum Gasteiger partial charge on any atom is 0.203 e. The van der Waals surface area contributed by atoms with E-state index in [0.29, 0.717) is 22.8 Å². The average Bonchev–Trinajstić information content (AvgIpc) is 3.25. The lowest BCUT2D eigenvalue weighted by atomic mass is 9.99. The Morgan fingerprint density at radius 1 is 0.903 bits per heavy atom. The highest BCUT2D eigenvalue weighted by molar-refractivity contribution is 5.99. The molecule has 0 aliphatic carbocycles. The zero-order valence-corrected chi connectivity index (χ0v) is 17.3. The van der Waals surface area contributed by atoms with Crippen molar-refractivity contribution in [2.24, 2.45) is 10.9 Å². The van der Waals surface area contributed by atoms with Gasteiger partial charge in [0, 0.05) is 16.5 Å². The molecule has 0 atom stereocenters. The van der Waals surface area contributed by atoms with Crippen LogP contribution in [0, 0.1) is 0 Å². The molecular formula is C23H22N4O4. The Hall–Kier alpha value is -4.20. The number of hydrogen-bond acceptors (Lipinski definition) is 6. The monoisotopic (exact) mass is 418 g/mol. The molecule has 0 spiro atoms. The van der Waals surface area contributed by atoms with E-state index in [-0.39, 0.29) is 5.84 Å². The molecular weight excluding hydrogens is 396 g/mol. The summed E-state index contributed by atoms with van der Waals surface area (Å²) in [6.45, 7) is 0. The number of H-pyrrole nitrogens is 1. The largest absolute Gasteiger partial charge is 0.493 e. The highest BCUT2D eigenvalue weighted by atomic mass is 16.5. The third-order valence-corrected chi connectivity index (χ3v) is 5.10. The van der Waals surface area contributed by atoms with E-state index in [1.54, 1.807) is 27.4 Å². The Morgan fingerprint density at radius 3 is 2.26 bits per heavy atom. The maximum atomic E-state index is 8.97. The second kappa shape index (κ2) is 8.27. The van der Waals surface area contributed by atoms with Gasteiger partial charge in [-0.2, -0.15) is 5.10 Å². The normalized spacial score (nSPS) is 11.5. The first-order valence-electron chi connectivity index (χ1n) is 9.46. The summed E-state index contributed by atoms with van der Waals surface area (Å²) in [5.74, 6) is 1.69. The lowest BCUT2D eigenvalue weighted by Gasteiger charge is -2.13. The molecule has 1 aromatic heterocycles. The fourth-order valence-corrected chi connectivity index (χ4v) is 3.55. The van der Waals surface area contributed by atoms with Crippen LogP contribution in [0.3, 0.4) is 0 Å². The lowest BCUT2D eigenvalue weighted by Crippen LogP contribution is -2.12. The van der Waals surface area contributed by atoms with Crippen molar-refractivity contribution in [2.75, 3.05) is 21.3 Å². The van der Waals surface area contributed by atoms with E-state index in [9.17, 15) is 0 Å². The Bertz CT molecular complexity index is 1250. The van der Waals surface area contributed by atoms with Gasteiger partial charge in [0.2, 0.25) is 5.75 Å². The number of benzene rings is 3. The zero-order chi connectivity index (χ0) is 22.0. The number of oxime groups is 1. The third kappa shape index (κ3) is 3.59. The van der Waals surface area contributed by atoms with Gasteiger partial charge >= 0.3 is 0 Å². The predicted octanol–water partition coefficient (Wildman–Crippen LogP) is 4.02. The molecule has 0 aliphatic rings. The standard InChI is InChI=1S/C23H22N4O4/c1-29-19-11-16(12-20(30-2)22(19)31-3)21-17-10-14(7-8-18(17)25-26-21)13-5-4-6-15(9-13)23(24)27-28/h4-12,28H,1-3H3,(H2,24,27)(H,25,26). The van der Waals surface area contributed by atoms with E-state index < -0.39 is 0 Å². The number of ether oxygens (including phenoxy) is 3. The Balaban J connectivity index is 1.86. The van der Waals surface area contributed by atoms with Crippen LogP contribution in [-0.4, -0.2) is 42.6 Å². The van der Waals surface area contributed by atoms with Crippen LogP contribution in [0.1, 0.15) is 5.56 Å². The Labute approximate surface area is 178 Å². The van der Waals surface area contributed by atoms with Crippen LogP contribution in [0.5, 0.6) is 17.2 Å². The smallest absolute Gasteiger partial charge is 0.203 e. The van der Waals surface area contributed by atoms with Crippen LogP contribution < -0.4 is 19.9 Å². The van der Waals surface area contributed by atoms with Crippen LogP contribution in [-0.2, 0) is 0 Å². The molecule has 0 bridgehead atoms. The van der Waals surface area contributed by atoms with Gasteiger partial charge in [-0.15, -0.1) is 0 Å². The summed E-state index contributed by atoms with van der Waals surface area (Å²) in [4.78, 5) is 0. The van der Waals surface area contributed by atoms with Crippen molar-refractivity contribution in [1.29, 1.82) is 0 Å². The number of nitrogens with zero attached hydrogens (tertiary/aromatic N) is 2. The number of rotatable bonds is 6. The van der Waals surface area contributed by atoms with Crippen LogP contribution in [0.2, 0.25) is 0 Å². The van der Waals surface area contributed by atoms with Gasteiger partial charge in [0.1, 0.15) is 5.69 Å². The molecule has 0 amide bonds. The highest BCUT2D eigenvalue weighted by Gasteiger charge is 2.17. The van der Waals surface area contributed by atoms with Crippen molar-refractivity contribution in [3.8, 4) is 39.6 Å². The molecule has 158 valence electrons. The van der Waals surface area contributed by atoms with E-state index in [0.717, 1.165) is 33.3 Å². The van der Waals surface area contributed by atoms with Gasteiger partial charge in [-0.05, 0) is 41.5 Å². The van der Waals surface area contributed by atoms with Crippen molar-refractivity contribution in [1.82, 2.24) is 10.2 Å². The number of hydrogen-bond donors (Lipinski definition) is 3.